The molecule has 27 heavy (non-hydrogen) atoms. The van der Waals surface area contributed by atoms with Gasteiger partial charge in [-0.2, -0.15) is 0 Å². The highest BCUT2D eigenvalue weighted by molar-refractivity contribution is 6.31. The summed E-state index contributed by atoms with van der Waals surface area (Å²) in [6.07, 6.45) is 2.20. The van der Waals surface area contributed by atoms with Crippen molar-refractivity contribution in [3.63, 3.8) is 0 Å². The number of carbonyl (C=O) groups is 1. The smallest absolute Gasteiger partial charge is 0.311 e. The van der Waals surface area contributed by atoms with E-state index in [9.17, 15) is 14.9 Å². The lowest BCUT2D eigenvalue weighted by molar-refractivity contribution is -0.385. The molecule has 1 heterocycles. The second-order valence-electron chi connectivity index (χ2n) is 6.18. The largest absolute Gasteiger partial charge is 0.487 e. The third kappa shape index (κ3) is 4.31. The Kier molecular flexibility index (Phi) is 5.81. The number of carbonyl (C=O) groups excluding carboxylic acids is 1. The standard InChI is InChI=1S/C19H20ClN3O4/c1-2-27-18-8-5-13(11-17(18)23(25)26)19(24)21-15-12-14(20)6-7-16(15)22-9-3-4-10-22/h5-8,11-12H,2-4,9-10H2,1H3,(H,21,24). The SMILES string of the molecule is CCOc1ccc(C(=O)Nc2cc(Cl)ccc2N2CCCC2)cc1[N+](=O)[O-]. The molecule has 2 aromatic rings. The molecule has 1 amide bonds. The number of rotatable bonds is 6. The van der Waals surface area contributed by atoms with Crippen LogP contribution < -0.4 is 15.0 Å². The first-order valence-corrected chi connectivity index (χ1v) is 9.14. The van der Waals surface area contributed by atoms with Gasteiger partial charge in [0.1, 0.15) is 0 Å². The molecule has 142 valence electrons. The number of nitro benzene ring substituents is 1. The molecule has 0 aromatic heterocycles. The molecular weight excluding hydrogens is 370 g/mol. The van der Waals surface area contributed by atoms with Crippen LogP contribution in [0.25, 0.3) is 0 Å². The van der Waals surface area contributed by atoms with Gasteiger partial charge < -0.3 is 15.0 Å². The second kappa shape index (κ2) is 8.26. The summed E-state index contributed by atoms with van der Waals surface area (Å²) in [5, 5.41) is 14.6. The number of hydrogen-bond donors (Lipinski definition) is 1. The Hall–Kier alpha value is -2.80. The Balaban J connectivity index is 1.88. The molecule has 1 N–H and O–H groups in total. The average molecular weight is 390 g/mol. The average Bonchev–Trinajstić information content (AvgIpc) is 3.16. The van der Waals surface area contributed by atoms with Crippen LogP contribution in [0.4, 0.5) is 17.1 Å². The second-order valence-corrected chi connectivity index (χ2v) is 6.62. The number of halogens is 1. The highest BCUT2D eigenvalue weighted by Gasteiger charge is 2.21. The fourth-order valence-electron chi connectivity index (χ4n) is 3.12. The summed E-state index contributed by atoms with van der Waals surface area (Å²) in [5.74, 6) is -0.302. The summed E-state index contributed by atoms with van der Waals surface area (Å²) < 4.78 is 5.26. The normalized spacial score (nSPS) is 13.5. The molecule has 0 radical (unpaired) electrons. The van der Waals surface area contributed by atoms with Crippen molar-refractivity contribution in [3.8, 4) is 5.75 Å². The van der Waals surface area contributed by atoms with E-state index in [0.29, 0.717) is 17.3 Å². The quantitative estimate of drug-likeness (QED) is 0.580. The van der Waals surface area contributed by atoms with Gasteiger partial charge in [-0.3, -0.25) is 14.9 Å². The maximum atomic E-state index is 12.7. The highest BCUT2D eigenvalue weighted by atomic mass is 35.5. The van der Waals surface area contributed by atoms with Crippen LogP contribution in [0.5, 0.6) is 5.75 Å². The van der Waals surface area contributed by atoms with Gasteiger partial charge in [0.15, 0.2) is 5.75 Å². The van der Waals surface area contributed by atoms with Crippen molar-refractivity contribution in [1.82, 2.24) is 0 Å². The molecule has 1 aliphatic heterocycles. The van der Waals surface area contributed by atoms with Crippen molar-refractivity contribution in [1.29, 1.82) is 0 Å². The number of amides is 1. The Labute approximate surface area is 162 Å². The Bertz CT molecular complexity index is 866. The molecule has 2 aromatic carbocycles. The predicted molar refractivity (Wildman–Crippen MR) is 105 cm³/mol. The van der Waals surface area contributed by atoms with Gasteiger partial charge in [0, 0.05) is 29.7 Å². The minimum Gasteiger partial charge on any atom is -0.487 e. The van der Waals surface area contributed by atoms with Gasteiger partial charge in [0.05, 0.1) is 22.9 Å². The van der Waals surface area contributed by atoms with Crippen molar-refractivity contribution in [2.45, 2.75) is 19.8 Å². The van der Waals surface area contributed by atoms with Crippen molar-refractivity contribution in [2.75, 3.05) is 29.9 Å². The van der Waals surface area contributed by atoms with E-state index < -0.39 is 10.8 Å². The summed E-state index contributed by atoms with van der Waals surface area (Å²) in [6.45, 7) is 3.87. The lowest BCUT2D eigenvalue weighted by atomic mass is 10.1. The molecule has 3 rings (SSSR count). The lowest BCUT2D eigenvalue weighted by Gasteiger charge is -2.22. The monoisotopic (exact) mass is 389 g/mol. The first-order chi connectivity index (χ1) is 13.0. The Morgan fingerprint density at radius 2 is 2.00 bits per heavy atom. The van der Waals surface area contributed by atoms with E-state index >= 15 is 0 Å². The molecule has 1 aliphatic rings. The summed E-state index contributed by atoms with van der Waals surface area (Å²) in [5.41, 5.74) is 1.42. The van der Waals surface area contributed by atoms with E-state index in [0.717, 1.165) is 31.6 Å². The maximum absolute atomic E-state index is 12.7. The molecule has 0 atom stereocenters. The summed E-state index contributed by atoms with van der Waals surface area (Å²) in [6, 6.07) is 9.52. The van der Waals surface area contributed by atoms with Crippen LogP contribution in [0.3, 0.4) is 0 Å². The van der Waals surface area contributed by atoms with Crippen LogP contribution >= 0.6 is 11.6 Å². The number of hydrogen-bond acceptors (Lipinski definition) is 5. The maximum Gasteiger partial charge on any atom is 0.311 e. The number of nitro groups is 1. The van der Waals surface area contributed by atoms with Crippen LogP contribution in [0.15, 0.2) is 36.4 Å². The molecule has 0 unspecified atom stereocenters. The van der Waals surface area contributed by atoms with Crippen LogP contribution in [0, 0.1) is 10.1 Å². The first kappa shape index (κ1) is 19.0. The van der Waals surface area contributed by atoms with Crippen molar-refractivity contribution < 1.29 is 14.5 Å². The Morgan fingerprint density at radius 3 is 2.67 bits per heavy atom. The summed E-state index contributed by atoms with van der Waals surface area (Å²) in [7, 11) is 0. The zero-order chi connectivity index (χ0) is 19.4. The van der Waals surface area contributed by atoms with Crippen molar-refractivity contribution in [2.24, 2.45) is 0 Å². The summed E-state index contributed by atoms with van der Waals surface area (Å²) in [4.78, 5) is 25.6. The van der Waals surface area contributed by atoms with E-state index in [4.69, 9.17) is 16.3 Å². The number of nitrogens with zero attached hydrogens (tertiary/aromatic N) is 2. The van der Waals surface area contributed by atoms with Crippen molar-refractivity contribution >= 4 is 34.6 Å². The highest BCUT2D eigenvalue weighted by Crippen LogP contribution is 2.33. The van der Waals surface area contributed by atoms with Crippen molar-refractivity contribution in [3.05, 3.63) is 57.1 Å². The number of nitrogens with one attached hydrogen (secondary N) is 1. The minimum atomic E-state index is -0.559. The first-order valence-electron chi connectivity index (χ1n) is 8.76. The fraction of sp³-hybridized carbons (Fsp3) is 0.316. The molecular formula is C19H20ClN3O4. The lowest BCUT2D eigenvalue weighted by Crippen LogP contribution is -2.21. The van der Waals surface area contributed by atoms with Gasteiger partial charge >= 0.3 is 5.69 Å². The van der Waals surface area contributed by atoms with Crippen LogP contribution in [0.1, 0.15) is 30.1 Å². The number of anilines is 2. The predicted octanol–water partition coefficient (Wildman–Crippen LogP) is 4.50. The van der Waals surface area contributed by atoms with E-state index in [2.05, 4.69) is 10.2 Å². The molecule has 0 spiro atoms. The molecule has 0 saturated carbocycles. The Morgan fingerprint density at radius 1 is 1.26 bits per heavy atom. The number of benzene rings is 2. The van der Waals surface area contributed by atoms with Gasteiger partial charge in [0.2, 0.25) is 0 Å². The topological polar surface area (TPSA) is 84.7 Å². The van der Waals surface area contributed by atoms with E-state index in [-0.39, 0.29) is 17.0 Å². The molecule has 7 nitrogen and oxygen atoms in total. The molecule has 0 aliphatic carbocycles. The summed E-state index contributed by atoms with van der Waals surface area (Å²) >= 11 is 6.10. The van der Waals surface area contributed by atoms with Gasteiger partial charge in [-0.1, -0.05) is 11.6 Å². The molecule has 1 saturated heterocycles. The zero-order valence-corrected chi connectivity index (χ0v) is 15.7. The van der Waals surface area contributed by atoms with Gasteiger partial charge in [-0.05, 0) is 50.1 Å². The van der Waals surface area contributed by atoms with Gasteiger partial charge in [0.25, 0.3) is 5.91 Å². The fourth-order valence-corrected chi connectivity index (χ4v) is 3.29. The van der Waals surface area contributed by atoms with Gasteiger partial charge in [-0.15, -0.1) is 0 Å². The van der Waals surface area contributed by atoms with E-state index in [1.807, 2.05) is 6.07 Å². The van der Waals surface area contributed by atoms with E-state index in [1.54, 1.807) is 19.1 Å². The van der Waals surface area contributed by atoms with Gasteiger partial charge in [-0.25, -0.2) is 0 Å². The third-order valence-corrected chi connectivity index (χ3v) is 4.61. The van der Waals surface area contributed by atoms with E-state index in [1.165, 1.54) is 18.2 Å². The zero-order valence-electron chi connectivity index (χ0n) is 14.9. The third-order valence-electron chi connectivity index (χ3n) is 4.37. The molecule has 8 heteroatoms. The molecule has 0 bridgehead atoms. The minimum absolute atomic E-state index is 0.138. The van der Waals surface area contributed by atoms with Crippen LogP contribution in [-0.4, -0.2) is 30.5 Å². The number of ether oxygens (including phenoxy) is 1. The molecule has 1 fully saturated rings. The van der Waals surface area contributed by atoms with Crippen LogP contribution in [-0.2, 0) is 0 Å². The van der Waals surface area contributed by atoms with Crippen LogP contribution in [0.2, 0.25) is 5.02 Å².